The number of hydrogen-bond acceptors (Lipinski definition) is 7. The van der Waals surface area contributed by atoms with Crippen LogP contribution in [-0.4, -0.2) is 51.8 Å². The zero-order valence-electron chi connectivity index (χ0n) is 15.5. The lowest BCUT2D eigenvalue weighted by Crippen LogP contribution is -2.18. The summed E-state index contributed by atoms with van der Waals surface area (Å²) < 4.78 is 20.9. The molecule has 1 amide bonds. The number of ether oxygens (including phenoxy) is 4. The quantitative estimate of drug-likeness (QED) is 0.679. The number of anilines is 1. The van der Waals surface area contributed by atoms with E-state index in [1.807, 2.05) is 0 Å². The molecule has 0 bridgehead atoms. The summed E-state index contributed by atoms with van der Waals surface area (Å²) >= 11 is 0. The van der Waals surface area contributed by atoms with Crippen LogP contribution in [0.25, 0.3) is 0 Å². The van der Waals surface area contributed by atoms with Crippen molar-refractivity contribution >= 4 is 17.4 Å². The molecule has 8 nitrogen and oxygen atoms in total. The number of aliphatic hydroxyl groups excluding tert-OH is 1. The molecule has 2 N–H and O–H groups in total. The van der Waals surface area contributed by atoms with Gasteiger partial charge in [-0.05, 0) is 24.3 Å². The molecule has 0 aliphatic rings. The zero-order chi connectivity index (χ0) is 20.0. The van der Waals surface area contributed by atoms with Crippen LogP contribution in [0.5, 0.6) is 23.0 Å². The fraction of sp³-hybridized carbons (Fsp3) is 0.263. The minimum atomic E-state index is -0.713. The number of aliphatic hydroxyl groups is 1. The predicted molar refractivity (Wildman–Crippen MR) is 98.2 cm³/mol. The van der Waals surface area contributed by atoms with E-state index in [0.29, 0.717) is 23.0 Å². The molecular formula is C19H21NO7. The maximum Gasteiger partial charge on any atom is 0.250 e. The summed E-state index contributed by atoms with van der Waals surface area (Å²) in [6.45, 7) is -0.713. The molecule has 2 aromatic carbocycles. The van der Waals surface area contributed by atoms with Gasteiger partial charge in [0.25, 0.3) is 0 Å². The summed E-state index contributed by atoms with van der Waals surface area (Å²) in [4.78, 5) is 24.7. The molecule has 0 aromatic heterocycles. The maximum absolute atomic E-state index is 13.1. The van der Waals surface area contributed by atoms with Crippen molar-refractivity contribution in [3.63, 3.8) is 0 Å². The number of carbonyl (C=O) groups excluding carboxylic acids is 2. The van der Waals surface area contributed by atoms with Crippen molar-refractivity contribution in [2.45, 2.75) is 0 Å². The molecule has 0 aliphatic carbocycles. The molecule has 0 aliphatic heterocycles. The Bertz CT molecular complexity index is 823. The average molecular weight is 375 g/mol. The first-order chi connectivity index (χ1) is 13.0. The van der Waals surface area contributed by atoms with E-state index < -0.39 is 12.5 Å². The number of hydrogen-bond donors (Lipinski definition) is 2. The number of methoxy groups -OCH3 is 4. The van der Waals surface area contributed by atoms with Gasteiger partial charge in [0.15, 0.2) is 17.3 Å². The van der Waals surface area contributed by atoms with Gasteiger partial charge in [-0.3, -0.25) is 9.59 Å². The number of amides is 1. The Hall–Kier alpha value is -3.26. The number of benzene rings is 2. The van der Waals surface area contributed by atoms with Crippen molar-refractivity contribution in [1.29, 1.82) is 0 Å². The van der Waals surface area contributed by atoms with Gasteiger partial charge in [-0.2, -0.15) is 0 Å². The predicted octanol–water partition coefficient (Wildman–Crippen LogP) is 1.88. The van der Waals surface area contributed by atoms with Gasteiger partial charge >= 0.3 is 0 Å². The third-order valence-electron chi connectivity index (χ3n) is 3.82. The van der Waals surface area contributed by atoms with Crippen LogP contribution in [0.1, 0.15) is 15.9 Å². The van der Waals surface area contributed by atoms with Gasteiger partial charge in [0.2, 0.25) is 11.7 Å². The molecule has 0 saturated carbocycles. The summed E-state index contributed by atoms with van der Waals surface area (Å²) in [5.74, 6) is 0.432. The first-order valence-electron chi connectivity index (χ1n) is 7.92. The minimum Gasteiger partial charge on any atom is -0.497 e. The summed E-state index contributed by atoms with van der Waals surface area (Å²) in [7, 11) is 5.83. The van der Waals surface area contributed by atoms with Crippen molar-refractivity contribution in [3.05, 3.63) is 41.5 Å². The topological polar surface area (TPSA) is 103 Å². The molecule has 0 radical (unpaired) electrons. The van der Waals surface area contributed by atoms with E-state index in [2.05, 4.69) is 5.32 Å². The van der Waals surface area contributed by atoms with Crippen LogP contribution in [0.4, 0.5) is 5.69 Å². The van der Waals surface area contributed by atoms with E-state index in [-0.39, 0.29) is 22.6 Å². The van der Waals surface area contributed by atoms with Crippen LogP contribution in [0.3, 0.4) is 0 Å². The lowest BCUT2D eigenvalue weighted by molar-refractivity contribution is -0.118. The highest BCUT2D eigenvalue weighted by Gasteiger charge is 2.21. The Labute approximate surface area is 156 Å². The first kappa shape index (κ1) is 20.1. The van der Waals surface area contributed by atoms with E-state index in [4.69, 9.17) is 24.1 Å². The standard InChI is InChI=1S/C19H21NO7/c1-24-12-5-6-13(14(9-12)20-17(22)10-21)18(23)11-7-15(25-2)19(27-4)16(8-11)26-3/h5-9,21H,10H2,1-4H3,(H,20,22). The smallest absolute Gasteiger partial charge is 0.250 e. The van der Waals surface area contributed by atoms with E-state index in [1.165, 1.54) is 52.7 Å². The van der Waals surface area contributed by atoms with E-state index in [0.717, 1.165) is 0 Å². The third kappa shape index (κ3) is 4.29. The van der Waals surface area contributed by atoms with E-state index in [1.54, 1.807) is 6.07 Å². The minimum absolute atomic E-state index is 0.215. The lowest BCUT2D eigenvalue weighted by atomic mass is 10.00. The molecule has 0 unspecified atom stereocenters. The van der Waals surface area contributed by atoms with Gasteiger partial charge < -0.3 is 29.4 Å². The van der Waals surface area contributed by atoms with Gasteiger partial charge in [0.1, 0.15) is 12.4 Å². The van der Waals surface area contributed by atoms with Crippen LogP contribution in [-0.2, 0) is 4.79 Å². The van der Waals surface area contributed by atoms with Crippen molar-refractivity contribution in [1.82, 2.24) is 0 Å². The van der Waals surface area contributed by atoms with Gasteiger partial charge in [-0.25, -0.2) is 0 Å². The SMILES string of the molecule is COc1ccc(C(=O)c2cc(OC)c(OC)c(OC)c2)c(NC(=O)CO)c1. The first-order valence-corrected chi connectivity index (χ1v) is 7.92. The lowest BCUT2D eigenvalue weighted by Gasteiger charge is -2.15. The molecule has 2 aromatic rings. The van der Waals surface area contributed by atoms with E-state index in [9.17, 15) is 9.59 Å². The van der Waals surface area contributed by atoms with Gasteiger partial charge in [0, 0.05) is 17.2 Å². The number of carbonyl (C=O) groups is 2. The normalized spacial score (nSPS) is 10.1. The Balaban J connectivity index is 2.55. The van der Waals surface area contributed by atoms with Crippen LogP contribution in [0.2, 0.25) is 0 Å². The molecule has 0 spiro atoms. The third-order valence-corrected chi connectivity index (χ3v) is 3.82. The fourth-order valence-electron chi connectivity index (χ4n) is 2.51. The monoisotopic (exact) mass is 375 g/mol. The van der Waals surface area contributed by atoms with Crippen molar-refractivity contribution in [2.24, 2.45) is 0 Å². The molecule has 0 saturated heterocycles. The number of nitrogens with one attached hydrogen (secondary N) is 1. The number of ketones is 1. The molecule has 144 valence electrons. The fourth-order valence-corrected chi connectivity index (χ4v) is 2.51. The van der Waals surface area contributed by atoms with Gasteiger partial charge in [0.05, 0.1) is 34.1 Å². The zero-order valence-corrected chi connectivity index (χ0v) is 15.5. The van der Waals surface area contributed by atoms with Crippen LogP contribution >= 0.6 is 0 Å². The number of rotatable bonds is 8. The van der Waals surface area contributed by atoms with E-state index >= 15 is 0 Å². The van der Waals surface area contributed by atoms with Crippen molar-refractivity contribution in [2.75, 3.05) is 40.4 Å². The highest BCUT2D eigenvalue weighted by atomic mass is 16.5. The Morgan fingerprint density at radius 1 is 0.926 bits per heavy atom. The summed E-state index contributed by atoms with van der Waals surface area (Å²) in [5.41, 5.74) is 0.702. The van der Waals surface area contributed by atoms with Gasteiger partial charge in [-0.1, -0.05) is 0 Å². The molecule has 8 heteroatoms. The Morgan fingerprint density at radius 3 is 2.04 bits per heavy atom. The highest BCUT2D eigenvalue weighted by Crippen LogP contribution is 2.39. The summed E-state index contributed by atoms with van der Waals surface area (Å²) in [6, 6.07) is 7.66. The molecule has 2 rings (SSSR count). The molecule has 0 atom stereocenters. The van der Waals surface area contributed by atoms with Crippen LogP contribution < -0.4 is 24.3 Å². The maximum atomic E-state index is 13.1. The second kappa shape index (κ2) is 8.91. The van der Waals surface area contributed by atoms with Crippen LogP contribution in [0.15, 0.2) is 30.3 Å². The highest BCUT2D eigenvalue weighted by molar-refractivity contribution is 6.14. The van der Waals surface area contributed by atoms with Gasteiger partial charge in [-0.15, -0.1) is 0 Å². The Kier molecular flexibility index (Phi) is 6.62. The largest absolute Gasteiger partial charge is 0.497 e. The summed E-state index contributed by atoms with van der Waals surface area (Å²) in [5, 5.41) is 11.5. The molecular weight excluding hydrogens is 354 g/mol. The Morgan fingerprint density at radius 2 is 1.56 bits per heavy atom. The van der Waals surface area contributed by atoms with Crippen molar-refractivity contribution in [3.8, 4) is 23.0 Å². The molecule has 0 fully saturated rings. The second-order valence-corrected chi connectivity index (χ2v) is 5.36. The summed E-state index contributed by atoms with van der Waals surface area (Å²) in [6.07, 6.45) is 0. The van der Waals surface area contributed by atoms with Crippen molar-refractivity contribution < 1.29 is 33.6 Å². The average Bonchev–Trinajstić information content (AvgIpc) is 2.71. The second-order valence-electron chi connectivity index (χ2n) is 5.36. The van der Waals surface area contributed by atoms with Crippen LogP contribution in [0, 0.1) is 0 Å². The molecule has 0 heterocycles. The molecule has 27 heavy (non-hydrogen) atoms.